The van der Waals surface area contributed by atoms with Crippen molar-refractivity contribution in [2.75, 3.05) is 7.11 Å². The number of urea groups is 1. The molecule has 31 heavy (non-hydrogen) atoms. The second kappa shape index (κ2) is 7.23. The summed E-state index contributed by atoms with van der Waals surface area (Å²) in [6.45, 7) is 1.65. The highest BCUT2D eigenvalue weighted by molar-refractivity contribution is 6.07. The van der Waals surface area contributed by atoms with E-state index >= 15 is 0 Å². The molecule has 0 spiro atoms. The third-order valence-electron chi connectivity index (χ3n) is 6.06. The second-order valence-corrected chi connectivity index (χ2v) is 8.02. The van der Waals surface area contributed by atoms with Crippen LogP contribution in [0.5, 0.6) is 5.75 Å². The second-order valence-electron chi connectivity index (χ2n) is 8.02. The summed E-state index contributed by atoms with van der Waals surface area (Å²) < 4.78 is 10.5. The highest BCUT2D eigenvalue weighted by Crippen LogP contribution is 2.33. The molecule has 3 aromatic rings. The Morgan fingerprint density at radius 3 is 2.68 bits per heavy atom. The maximum Gasteiger partial charge on any atom is 0.325 e. The molecule has 8 nitrogen and oxygen atoms in total. The van der Waals surface area contributed by atoms with Crippen molar-refractivity contribution >= 4 is 11.9 Å². The first-order valence-corrected chi connectivity index (χ1v) is 10.2. The SMILES string of the molecule is COc1ccc(-c2noc(CN3C(=O)N[C@](C)(c4ccc5c(c4)CCC5)C3=O)n2)cc1. The number of carbonyl (C=O) groups is 2. The van der Waals surface area contributed by atoms with E-state index in [-0.39, 0.29) is 18.3 Å². The summed E-state index contributed by atoms with van der Waals surface area (Å²) in [5.41, 5.74) is 2.99. The van der Waals surface area contributed by atoms with Crippen molar-refractivity contribution in [2.45, 2.75) is 38.3 Å². The molecule has 0 radical (unpaired) electrons. The van der Waals surface area contributed by atoms with Gasteiger partial charge in [0.05, 0.1) is 7.11 Å². The number of benzene rings is 2. The smallest absolute Gasteiger partial charge is 0.325 e. The molecule has 1 atom stereocenters. The summed E-state index contributed by atoms with van der Waals surface area (Å²) in [5, 5.41) is 6.81. The van der Waals surface area contributed by atoms with Crippen LogP contribution in [0.1, 0.15) is 35.9 Å². The number of aromatic nitrogens is 2. The van der Waals surface area contributed by atoms with Crippen LogP contribution in [0.15, 0.2) is 47.0 Å². The van der Waals surface area contributed by atoms with Crippen molar-refractivity contribution in [2.24, 2.45) is 0 Å². The van der Waals surface area contributed by atoms with Gasteiger partial charge in [-0.25, -0.2) is 4.79 Å². The zero-order valence-corrected chi connectivity index (χ0v) is 17.3. The average Bonchev–Trinajstić information content (AvgIpc) is 3.49. The van der Waals surface area contributed by atoms with Gasteiger partial charge in [-0.1, -0.05) is 23.4 Å². The standard InChI is InChI=1S/C23H22N4O4/c1-23(17-9-6-14-4-3-5-16(14)12-17)21(28)27(22(29)25-23)13-19-24-20(26-31-19)15-7-10-18(30-2)11-8-15/h6-12H,3-5,13H2,1-2H3,(H,25,29)/t23-/m1/s1. The molecule has 8 heteroatoms. The van der Waals surface area contributed by atoms with Crippen molar-refractivity contribution in [3.8, 4) is 17.1 Å². The summed E-state index contributed by atoms with van der Waals surface area (Å²) in [6, 6.07) is 12.8. The quantitative estimate of drug-likeness (QED) is 0.639. The lowest BCUT2D eigenvalue weighted by atomic mass is 9.90. The molecule has 158 valence electrons. The van der Waals surface area contributed by atoms with Crippen molar-refractivity contribution in [3.63, 3.8) is 0 Å². The molecule has 0 unspecified atom stereocenters. The number of fused-ring (bicyclic) bond motifs is 1. The van der Waals surface area contributed by atoms with Crippen LogP contribution < -0.4 is 10.1 Å². The van der Waals surface area contributed by atoms with Crippen LogP contribution in [-0.4, -0.2) is 34.1 Å². The zero-order chi connectivity index (χ0) is 21.6. The Hall–Kier alpha value is -3.68. The van der Waals surface area contributed by atoms with E-state index in [4.69, 9.17) is 9.26 Å². The number of carbonyl (C=O) groups excluding carboxylic acids is 2. The van der Waals surface area contributed by atoms with Gasteiger partial charge >= 0.3 is 6.03 Å². The molecule has 2 aromatic carbocycles. The Kier molecular flexibility index (Phi) is 4.50. The number of hydrogen-bond acceptors (Lipinski definition) is 6. The van der Waals surface area contributed by atoms with E-state index in [0.29, 0.717) is 5.82 Å². The van der Waals surface area contributed by atoms with Crippen LogP contribution in [0.3, 0.4) is 0 Å². The van der Waals surface area contributed by atoms with Gasteiger partial charge in [-0.05, 0) is 67.1 Å². The van der Waals surface area contributed by atoms with Gasteiger partial charge in [-0.3, -0.25) is 9.69 Å². The van der Waals surface area contributed by atoms with Crippen LogP contribution in [0, 0.1) is 0 Å². The van der Waals surface area contributed by atoms with Crippen molar-refractivity contribution < 1.29 is 18.8 Å². The van der Waals surface area contributed by atoms with E-state index in [1.165, 1.54) is 11.1 Å². The Bertz CT molecular complexity index is 1170. The minimum absolute atomic E-state index is 0.0889. The van der Waals surface area contributed by atoms with Crippen LogP contribution >= 0.6 is 0 Å². The Morgan fingerprint density at radius 2 is 1.90 bits per heavy atom. The fraction of sp³-hybridized carbons (Fsp3) is 0.304. The summed E-state index contributed by atoms with van der Waals surface area (Å²) in [7, 11) is 1.59. The molecule has 0 bridgehead atoms. The molecule has 2 aliphatic rings. The fourth-order valence-electron chi connectivity index (χ4n) is 4.23. The van der Waals surface area contributed by atoms with E-state index in [9.17, 15) is 9.59 Å². The molecule has 1 aliphatic carbocycles. The van der Waals surface area contributed by atoms with Crippen molar-refractivity contribution in [3.05, 3.63) is 65.0 Å². The molecule has 1 fully saturated rings. The molecule has 1 saturated heterocycles. The number of ether oxygens (including phenoxy) is 1. The van der Waals surface area contributed by atoms with Crippen molar-refractivity contribution in [1.29, 1.82) is 0 Å². The number of nitrogens with zero attached hydrogens (tertiary/aromatic N) is 3. The van der Waals surface area contributed by atoms with E-state index in [1.54, 1.807) is 26.2 Å². The first-order chi connectivity index (χ1) is 15.0. The van der Waals surface area contributed by atoms with Gasteiger partial charge < -0.3 is 14.6 Å². The predicted octanol–water partition coefficient (Wildman–Crippen LogP) is 3.20. The van der Waals surface area contributed by atoms with Gasteiger partial charge in [0, 0.05) is 5.56 Å². The van der Waals surface area contributed by atoms with Crippen LogP contribution in [0.4, 0.5) is 4.79 Å². The molecule has 0 saturated carbocycles. The van der Waals surface area contributed by atoms with Crippen LogP contribution in [0.2, 0.25) is 0 Å². The number of methoxy groups -OCH3 is 1. The Balaban J connectivity index is 1.36. The summed E-state index contributed by atoms with van der Waals surface area (Å²) in [6.07, 6.45) is 3.18. The lowest BCUT2D eigenvalue weighted by molar-refractivity contribution is -0.131. The highest BCUT2D eigenvalue weighted by Gasteiger charge is 2.49. The van der Waals surface area contributed by atoms with E-state index in [2.05, 4.69) is 21.5 Å². The predicted molar refractivity (Wildman–Crippen MR) is 111 cm³/mol. The normalized spacial score (nSPS) is 20.1. The highest BCUT2D eigenvalue weighted by atomic mass is 16.5. The molecule has 1 aliphatic heterocycles. The first-order valence-electron chi connectivity index (χ1n) is 10.2. The summed E-state index contributed by atoms with van der Waals surface area (Å²) in [4.78, 5) is 31.3. The maximum absolute atomic E-state index is 13.2. The van der Waals surface area contributed by atoms with Gasteiger partial charge in [-0.2, -0.15) is 4.98 Å². The molecule has 2 heterocycles. The molecular formula is C23H22N4O4. The van der Waals surface area contributed by atoms with Gasteiger partial charge in [0.25, 0.3) is 5.91 Å². The van der Waals surface area contributed by atoms with Gasteiger partial charge in [0.15, 0.2) is 0 Å². The fourth-order valence-corrected chi connectivity index (χ4v) is 4.23. The van der Waals surface area contributed by atoms with Gasteiger partial charge in [0.1, 0.15) is 17.8 Å². The zero-order valence-electron chi connectivity index (χ0n) is 17.3. The number of aryl methyl sites for hydroxylation is 2. The van der Waals surface area contributed by atoms with Crippen LogP contribution in [-0.2, 0) is 29.7 Å². The third kappa shape index (κ3) is 3.24. The molecule has 5 rings (SSSR count). The lowest BCUT2D eigenvalue weighted by Gasteiger charge is -2.22. The number of hydrogen-bond donors (Lipinski definition) is 1. The number of imide groups is 1. The molecule has 1 aromatic heterocycles. The minimum Gasteiger partial charge on any atom is -0.497 e. The minimum atomic E-state index is -1.12. The van der Waals surface area contributed by atoms with E-state index in [1.807, 2.05) is 24.3 Å². The number of rotatable bonds is 5. The third-order valence-corrected chi connectivity index (χ3v) is 6.06. The average molecular weight is 418 g/mol. The van der Waals surface area contributed by atoms with Gasteiger partial charge in [0.2, 0.25) is 11.7 Å². The summed E-state index contributed by atoms with van der Waals surface area (Å²) in [5.74, 6) is 0.955. The lowest BCUT2D eigenvalue weighted by Crippen LogP contribution is -2.41. The number of nitrogens with one attached hydrogen (secondary N) is 1. The Labute approximate surface area is 179 Å². The summed E-state index contributed by atoms with van der Waals surface area (Å²) >= 11 is 0. The Morgan fingerprint density at radius 1 is 1.13 bits per heavy atom. The molecular weight excluding hydrogens is 396 g/mol. The van der Waals surface area contributed by atoms with E-state index < -0.39 is 11.6 Å². The van der Waals surface area contributed by atoms with E-state index in [0.717, 1.165) is 41.0 Å². The maximum atomic E-state index is 13.2. The molecule has 1 N–H and O–H groups in total. The molecule has 3 amide bonds. The monoisotopic (exact) mass is 418 g/mol. The topological polar surface area (TPSA) is 97.6 Å². The first kappa shape index (κ1) is 19.3. The number of amides is 3. The largest absolute Gasteiger partial charge is 0.497 e. The van der Waals surface area contributed by atoms with Gasteiger partial charge in [-0.15, -0.1) is 0 Å². The van der Waals surface area contributed by atoms with Crippen LogP contribution in [0.25, 0.3) is 11.4 Å². The van der Waals surface area contributed by atoms with Crippen molar-refractivity contribution in [1.82, 2.24) is 20.4 Å².